The van der Waals surface area contributed by atoms with Crippen molar-refractivity contribution in [1.82, 2.24) is 9.13 Å². The first-order chi connectivity index (χ1) is 53.7. The zero-order valence-electron chi connectivity index (χ0n) is 58.9. The number of hydrogen-bond acceptors (Lipinski definition) is 2. The number of anilines is 6. The third-order valence-electron chi connectivity index (χ3n) is 23.7. The van der Waals surface area contributed by atoms with Crippen LogP contribution >= 0.6 is 0 Å². The van der Waals surface area contributed by atoms with Crippen molar-refractivity contribution < 1.29 is 0 Å². The highest BCUT2D eigenvalue weighted by atomic mass is 15.2. The second-order valence-corrected chi connectivity index (χ2v) is 29.2. The zero-order valence-corrected chi connectivity index (χ0v) is 58.9. The van der Waals surface area contributed by atoms with Gasteiger partial charge in [-0.05, 0) is 147 Å². The molecule has 0 bridgehead atoms. The minimum absolute atomic E-state index is 0.282. The molecule has 108 heavy (non-hydrogen) atoms. The molecule has 498 valence electrons. The highest BCUT2D eigenvalue weighted by Crippen LogP contribution is 2.53. The topological polar surface area (TPSA) is 16.3 Å². The van der Waals surface area contributed by atoms with Gasteiger partial charge in [0.2, 0.25) is 0 Å². The monoisotopic (exact) mass is 1370 g/mol. The average Bonchev–Trinajstić information content (AvgIpc) is 0.895. The molecule has 23 rings (SSSR count). The van der Waals surface area contributed by atoms with E-state index >= 15 is 0 Å². The van der Waals surface area contributed by atoms with Crippen LogP contribution in [0.4, 0.5) is 34.1 Å². The van der Waals surface area contributed by atoms with Crippen LogP contribution in [0.3, 0.4) is 0 Å². The first-order valence-electron chi connectivity index (χ1n) is 37.6. The fourth-order valence-corrected chi connectivity index (χ4v) is 19.4. The molecule has 4 aliphatic rings. The average molecular weight is 1370 g/mol. The lowest BCUT2D eigenvalue weighted by Gasteiger charge is -2.45. The van der Waals surface area contributed by atoms with Gasteiger partial charge in [0.15, 0.2) is 0 Å². The molecule has 4 nitrogen and oxygen atoms in total. The maximum absolute atomic E-state index is 2.73. The maximum Gasteiger partial charge on any atom is 0.252 e. The third-order valence-corrected chi connectivity index (χ3v) is 23.7. The molecule has 0 unspecified atom stereocenters. The summed E-state index contributed by atoms with van der Waals surface area (Å²) in [6, 6.07) is 147. The highest BCUT2D eigenvalue weighted by molar-refractivity contribution is 7.02. The second kappa shape index (κ2) is 23.8. The van der Waals surface area contributed by atoms with E-state index in [1.165, 1.54) is 108 Å². The highest BCUT2D eigenvalue weighted by Gasteiger charge is 2.48. The number of para-hydroxylation sites is 6. The fourth-order valence-electron chi connectivity index (χ4n) is 19.4. The molecule has 0 saturated carbocycles. The van der Waals surface area contributed by atoms with Crippen LogP contribution in [0, 0.1) is 0 Å². The van der Waals surface area contributed by atoms with Crippen molar-refractivity contribution in [3.8, 4) is 55.9 Å². The van der Waals surface area contributed by atoms with Crippen molar-refractivity contribution in [2.45, 2.75) is 0 Å². The van der Waals surface area contributed by atoms with Gasteiger partial charge in [-0.25, -0.2) is 0 Å². The van der Waals surface area contributed by atoms with E-state index in [0.717, 1.165) is 101 Å². The van der Waals surface area contributed by atoms with Gasteiger partial charge in [-0.2, -0.15) is 0 Å². The van der Waals surface area contributed by atoms with Gasteiger partial charge in [-0.1, -0.05) is 340 Å². The quantitative estimate of drug-likeness (QED) is 0.154. The lowest BCUT2D eigenvalue weighted by atomic mass is 9.31. The predicted molar refractivity (Wildman–Crippen MR) is 461 cm³/mol. The van der Waals surface area contributed by atoms with E-state index in [1.54, 1.807) is 0 Å². The second-order valence-electron chi connectivity index (χ2n) is 29.2. The van der Waals surface area contributed by atoms with Gasteiger partial charge in [-0.15, -0.1) is 0 Å². The molecule has 0 amide bonds. The summed E-state index contributed by atoms with van der Waals surface area (Å²) in [5, 5.41) is 14.3. The van der Waals surface area contributed by atoms with Crippen LogP contribution in [0.1, 0.15) is 0 Å². The standard InChI is InChI=1S/C102H64B2N4/c1-5-31-65(32-6-1)69-49-29-50-70(66-33-7-2-8-34-66)99(69)107-93-61-59-83-79-45-19-15-41-75(79)73-39-13-17-43-77(73)81-47-21-25-55-89(81)105-91-57-27-23-53-85(91)103(97(93)101(83)105)87-64-96-88(63-95(87)107)104-86-54-24-28-58-92(86)106-90-56-26-22-48-82(90)78-44-18-14-40-74(78)76-42-16-20-46-80(76)84-60-62-94(98(104)102(84)106)108(96)100-71(67-35-9-3-10-36-67)51-30-52-72(100)68-37-11-4-12-38-68/h1-64H. The van der Waals surface area contributed by atoms with E-state index in [0.29, 0.717) is 0 Å². The fraction of sp³-hybridized carbons (Fsp3) is 0. The molecule has 2 aromatic heterocycles. The first-order valence-corrected chi connectivity index (χ1v) is 37.6. The SMILES string of the molecule is c1ccc(-c2cccc(-c3ccccc3)c2N2c3cc4c(cc3B3c5ccccc5-n5c6ccccc6c6ccccc6c6ccccc6c6ccc2c3c65)N(c2c(-c3ccccc3)cccc2-c2ccccc2)c2ccc3c5ccccc5c5ccccc5c5ccccc5n5c3c2B4c2ccccc2-5)cc1. The Bertz CT molecular complexity index is 6660. The van der Waals surface area contributed by atoms with Crippen LogP contribution in [0.2, 0.25) is 0 Å². The van der Waals surface area contributed by atoms with Crippen molar-refractivity contribution >= 4 is 167 Å². The smallest absolute Gasteiger partial charge is 0.252 e. The van der Waals surface area contributed by atoms with E-state index in [2.05, 4.69) is 407 Å². The normalized spacial score (nSPS) is 12.7. The molecule has 0 saturated heterocycles. The van der Waals surface area contributed by atoms with Gasteiger partial charge in [0.05, 0.1) is 33.4 Å². The van der Waals surface area contributed by atoms with Gasteiger partial charge in [0.1, 0.15) is 0 Å². The molecule has 0 radical (unpaired) electrons. The minimum Gasteiger partial charge on any atom is -0.310 e. The molecule has 19 aromatic rings. The number of nitrogens with zero attached hydrogens (tertiary/aromatic N) is 4. The summed E-state index contributed by atoms with van der Waals surface area (Å²) in [6.07, 6.45) is 0. The summed E-state index contributed by atoms with van der Waals surface area (Å²) in [5.74, 6) is 0. The summed E-state index contributed by atoms with van der Waals surface area (Å²) < 4.78 is 5.30. The van der Waals surface area contributed by atoms with Gasteiger partial charge in [0, 0.05) is 77.9 Å². The predicted octanol–water partition coefficient (Wildman–Crippen LogP) is 22.6. The lowest BCUT2D eigenvalue weighted by molar-refractivity contribution is 1.17. The van der Waals surface area contributed by atoms with Crippen molar-refractivity contribution in [3.63, 3.8) is 0 Å². The molecule has 0 spiro atoms. The summed E-state index contributed by atoms with van der Waals surface area (Å²) in [7, 11) is 0. The Morgan fingerprint density at radius 3 is 0.778 bits per heavy atom. The molecule has 4 aliphatic heterocycles. The van der Waals surface area contributed by atoms with Gasteiger partial charge in [0.25, 0.3) is 13.4 Å². The maximum atomic E-state index is 2.73. The summed E-state index contributed by atoms with van der Waals surface area (Å²) in [6.45, 7) is -0.565. The molecule has 6 heteroatoms. The van der Waals surface area contributed by atoms with Crippen LogP contribution in [-0.4, -0.2) is 22.6 Å². The Balaban J connectivity index is 0.959. The minimum atomic E-state index is -0.282. The van der Waals surface area contributed by atoms with E-state index in [9.17, 15) is 0 Å². The molecular weight excluding hydrogens is 1300 g/mol. The Hall–Kier alpha value is -13.9. The van der Waals surface area contributed by atoms with Gasteiger partial charge >= 0.3 is 0 Å². The number of rotatable bonds is 6. The molecular formula is C102H64B2N4. The Labute approximate surface area is 626 Å². The van der Waals surface area contributed by atoms with Gasteiger partial charge in [-0.3, -0.25) is 0 Å². The Morgan fingerprint density at radius 1 is 0.176 bits per heavy atom. The summed E-state index contributed by atoms with van der Waals surface area (Å²) in [5.41, 5.74) is 30.2. The number of fused-ring (bicyclic) bond motifs is 24. The van der Waals surface area contributed by atoms with E-state index in [4.69, 9.17) is 0 Å². The van der Waals surface area contributed by atoms with Crippen LogP contribution < -0.4 is 42.6 Å². The molecule has 0 fully saturated rings. The van der Waals surface area contributed by atoms with Crippen LogP contribution in [0.25, 0.3) is 143 Å². The molecule has 0 atom stereocenters. The number of hydrogen-bond donors (Lipinski definition) is 0. The Kier molecular flexibility index (Phi) is 13.3. The van der Waals surface area contributed by atoms with Crippen molar-refractivity contribution in [2.24, 2.45) is 0 Å². The van der Waals surface area contributed by atoms with Crippen molar-refractivity contribution in [2.75, 3.05) is 9.80 Å². The third kappa shape index (κ3) is 8.71. The van der Waals surface area contributed by atoms with Crippen molar-refractivity contribution in [1.29, 1.82) is 0 Å². The lowest BCUT2D eigenvalue weighted by Crippen LogP contribution is -2.63. The van der Waals surface area contributed by atoms with E-state index in [-0.39, 0.29) is 13.4 Å². The molecule has 0 aliphatic carbocycles. The number of aromatic nitrogens is 2. The molecule has 0 N–H and O–H groups in total. The van der Waals surface area contributed by atoms with Crippen LogP contribution in [0.5, 0.6) is 0 Å². The summed E-state index contributed by atoms with van der Waals surface area (Å²) in [4.78, 5) is 5.46. The molecule has 17 aromatic carbocycles. The zero-order chi connectivity index (χ0) is 70.7. The van der Waals surface area contributed by atoms with Crippen molar-refractivity contribution in [3.05, 3.63) is 388 Å². The van der Waals surface area contributed by atoms with Crippen LogP contribution in [-0.2, 0) is 0 Å². The van der Waals surface area contributed by atoms with Gasteiger partial charge < -0.3 is 18.9 Å². The summed E-state index contributed by atoms with van der Waals surface area (Å²) >= 11 is 0. The first kappa shape index (κ1) is 60.5. The van der Waals surface area contributed by atoms with E-state index in [1.807, 2.05) is 0 Å². The van der Waals surface area contributed by atoms with Crippen LogP contribution in [0.15, 0.2) is 388 Å². The number of benzene rings is 17. The largest absolute Gasteiger partial charge is 0.310 e. The van der Waals surface area contributed by atoms with E-state index < -0.39 is 0 Å². The molecule has 6 heterocycles. The Morgan fingerprint density at radius 2 is 0.444 bits per heavy atom.